The molecule has 0 bridgehead atoms. The number of hydrogen-bond donors (Lipinski definition) is 1. The molecule has 0 radical (unpaired) electrons. The summed E-state index contributed by atoms with van der Waals surface area (Å²) in [5.41, 5.74) is 1.80. The van der Waals surface area contributed by atoms with Gasteiger partial charge in [-0.2, -0.15) is 0 Å². The fourth-order valence-corrected chi connectivity index (χ4v) is 3.58. The first kappa shape index (κ1) is 19.3. The lowest BCUT2D eigenvalue weighted by atomic mass is 9.98. The van der Waals surface area contributed by atoms with Gasteiger partial charge in [0.25, 0.3) is 0 Å². The van der Waals surface area contributed by atoms with E-state index in [4.69, 9.17) is 4.74 Å². The Morgan fingerprint density at radius 1 is 1.33 bits per heavy atom. The molecule has 0 spiro atoms. The Kier molecular flexibility index (Phi) is 6.76. The smallest absolute Gasteiger partial charge is 0.221 e. The SMILES string of the molecule is COc1ncccc1CN1CCCCC1CC(=O)NCc1cccc(F)c1. The zero-order valence-electron chi connectivity index (χ0n) is 15.7. The molecule has 1 N–H and O–H groups in total. The van der Waals surface area contributed by atoms with Gasteiger partial charge in [-0.25, -0.2) is 9.37 Å². The topological polar surface area (TPSA) is 54.5 Å². The number of methoxy groups -OCH3 is 1. The van der Waals surface area contributed by atoms with Gasteiger partial charge in [-0.05, 0) is 43.1 Å². The summed E-state index contributed by atoms with van der Waals surface area (Å²) in [6.45, 7) is 2.03. The van der Waals surface area contributed by atoms with Crippen molar-refractivity contribution in [1.29, 1.82) is 0 Å². The first-order valence-corrected chi connectivity index (χ1v) is 9.39. The fraction of sp³-hybridized carbons (Fsp3) is 0.429. The van der Waals surface area contributed by atoms with Crippen molar-refractivity contribution < 1.29 is 13.9 Å². The second-order valence-electron chi connectivity index (χ2n) is 6.90. The molecule has 1 aliphatic rings. The predicted octanol–water partition coefficient (Wildman–Crippen LogP) is 3.29. The first-order valence-electron chi connectivity index (χ1n) is 9.39. The lowest BCUT2D eigenvalue weighted by molar-refractivity contribution is -0.122. The van der Waals surface area contributed by atoms with Crippen molar-refractivity contribution in [3.63, 3.8) is 0 Å². The normalized spacial score (nSPS) is 17.5. The number of hydrogen-bond acceptors (Lipinski definition) is 4. The van der Waals surface area contributed by atoms with Crippen LogP contribution in [-0.4, -0.2) is 35.5 Å². The van der Waals surface area contributed by atoms with E-state index in [-0.39, 0.29) is 17.8 Å². The van der Waals surface area contributed by atoms with Gasteiger partial charge in [0.2, 0.25) is 11.8 Å². The van der Waals surface area contributed by atoms with E-state index in [9.17, 15) is 9.18 Å². The zero-order valence-corrected chi connectivity index (χ0v) is 15.7. The van der Waals surface area contributed by atoms with Gasteiger partial charge >= 0.3 is 0 Å². The molecule has 1 atom stereocenters. The molecule has 1 unspecified atom stereocenters. The van der Waals surface area contributed by atoms with Crippen LogP contribution in [0.5, 0.6) is 5.88 Å². The third-order valence-electron chi connectivity index (χ3n) is 4.97. The van der Waals surface area contributed by atoms with Crippen LogP contribution in [0.15, 0.2) is 42.6 Å². The van der Waals surface area contributed by atoms with E-state index in [0.29, 0.717) is 18.8 Å². The number of rotatable bonds is 7. The maximum Gasteiger partial charge on any atom is 0.221 e. The maximum atomic E-state index is 13.2. The van der Waals surface area contributed by atoms with Crippen molar-refractivity contribution in [2.24, 2.45) is 0 Å². The highest BCUT2D eigenvalue weighted by atomic mass is 19.1. The molecule has 5 nitrogen and oxygen atoms in total. The summed E-state index contributed by atoms with van der Waals surface area (Å²) in [5.74, 6) is 0.345. The van der Waals surface area contributed by atoms with Crippen LogP contribution in [0.2, 0.25) is 0 Å². The quantitative estimate of drug-likeness (QED) is 0.811. The summed E-state index contributed by atoms with van der Waals surface area (Å²) >= 11 is 0. The van der Waals surface area contributed by atoms with Crippen LogP contribution in [0.4, 0.5) is 4.39 Å². The Balaban J connectivity index is 1.57. The minimum atomic E-state index is -0.286. The molecule has 1 aromatic carbocycles. The van der Waals surface area contributed by atoms with Crippen molar-refractivity contribution in [2.45, 2.75) is 44.8 Å². The third-order valence-corrected chi connectivity index (χ3v) is 4.97. The third kappa shape index (κ3) is 5.50. The van der Waals surface area contributed by atoms with E-state index in [2.05, 4.69) is 15.2 Å². The van der Waals surface area contributed by atoms with Gasteiger partial charge < -0.3 is 10.1 Å². The van der Waals surface area contributed by atoms with Crippen LogP contribution < -0.4 is 10.1 Å². The molecule has 1 fully saturated rings. The number of likely N-dealkylation sites (tertiary alicyclic amines) is 1. The molecule has 3 rings (SSSR count). The monoisotopic (exact) mass is 371 g/mol. The highest BCUT2D eigenvalue weighted by molar-refractivity contribution is 5.76. The Labute approximate surface area is 159 Å². The standard InChI is InChI=1S/C21H26FN3O2/c1-27-21-17(7-5-10-23-21)15-25-11-3-2-9-19(25)13-20(26)24-14-16-6-4-8-18(22)12-16/h4-8,10,12,19H,2-3,9,11,13-15H2,1H3,(H,24,26). The van der Waals surface area contributed by atoms with Crippen LogP contribution in [-0.2, 0) is 17.9 Å². The Hall–Kier alpha value is -2.47. The van der Waals surface area contributed by atoms with Gasteiger partial charge in [0.05, 0.1) is 7.11 Å². The van der Waals surface area contributed by atoms with E-state index in [0.717, 1.165) is 43.5 Å². The van der Waals surface area contributed by atoms with Crippen LogP contribution >= 0.6 is 0 Å². The number of nitrogens with one attached hydrogen (secondary N) is 1. The van der Waals surface area contributed by atoms with Crippen molar-refractivity contribution in [3.8, 4) is 5.88 Å². The number of nitrogens with zero attached hydrogens (tertiary/aromatic N) is 2. The van der Waals surface area contributed by atoms with E-state index in [1.165, 1.54) is 12.1 Å². The summed E-state index contributed by atoms with van der Waals surface area (Å²) in [5, 5.41) is 2.91. The second-order valence-corrected chi connectivity index (χ2v) is 6.90. The van der Waals surface area contributed by atoms with Gasteiger partial charge in [0.1, 0.15) is 5.82 Å². The lowest BCUT2D eigenvalue weighted by Gasteiger charge is -2.35. The number of piperidine rings is 1. The van der Waals surface area contributed by atoms with Gasteiger partial charge in [-0.3, -0.25) is 9.69 Å². The summed E-state index contributed by atoms with van der Waals surface area (Å²) in [6.07, 6.45) is 5.41. The van der Waals surface area contributed by atoms with E-state index in [1.807, 2.05) is 18.2 Å². The molecule has 1 amide bonds. The largest absolute Gasteiger partial charge is 0.481 e. The highest BCUT2D eigenvalue weighted by Crippen LogP contribution is 2.24. The first-order chi connectivity index (χ1) is 13.2. The predicted molar refractivity (Wildman–Crippen MR) is 102 cm³/mol. The molecule has 1 aromatic heterocycles. The number of ether oxygens (including phenoxy) is 1. The number of aromatic nitrogens is 1. The Morgan fingerprint density at radius 2 is 2.22 bits per heavy atom. The number of benzene rings is 1. The van der Waals surface area contributed by atoms with Crippen LogP contribution in [0.1, 0.15) is 36.8 Å². The minimum absolute atomic E-state index is 0.00527. The van der Waals surface area contributed by atoms with Crippen molar-refractivity contribution in [2.75, 3.05) is 13.7 Å². The van der Waals surface area contributed by atoms with E-state index >= 15 is 0 Å². The summed E-state index contributed by atoms with van der Waals surface area (Å²) in [4.78, 5) is 19.0. The van der Waals surface area contributed by atoms with E-state index in [1.54, 1.807) is 19.4 Å². The fourth-order valence-electron chi connectivity index (χ4n) is 3.58. The number of amides is 1. The highest BCUT2D eigenvalue weighted by Gasteiger charge is 2.25. The van der Waals surface area contributed by atoms with Gasteiger partial charge in [-0.1, -0.05) is 24.6 Å². The van der Waals surface area contributed by atoms with Crippen LogP contribution in [0, 0.1) is 5.82 Å². The molecular weight excluding hydrogens is 345 g/mol. The van der Waals surface area contributed by atoms with Gasteiger partial charge in [0, 0.05) is 37.3 Å². The van der Waals surface area contributed by atoms with Crippen molar-refractivity contribution >= 4 is 5.91 Å². The van der Waals surface area contributed by atoms with Crippen LogP contribution in [0.25, 0.3) is 0 Å². The molecule has 0 aliphatic carbocycles. The molecule has 6 heteroatoms. The molecule has 1 aliphatic heterocycles. The van der Waals surface area contributed by atoms with Crippen molar-refractivity contribution in [1.82, 2.24) is 15.2 Å². The molecular formula is C21H26FN3O2. The zero-order chi connectivity index (χ0) is 19.1. The minimum Gasteiger partial charge on any atom is -0.481 e. The molecule has 2 heterocycles. The van der Waals surface area contributed by atoms with Gasteiger partial charge in [-0.15, -0.1) is 0 Å². The van der Waals surface area contributed by atoms with E-state index < -0.39 is 0 Å². The number of pyridine rings is 1. The summed E-state index contributed by atoms with van der Waals surface area (Å²) < 4.78 is 18.6. The summed E-state index contributed by atoms with van der Waals surface area (Å²) in [6, 6.07) is 10.4. The molecule has 1 saturated heterocycles. The molecule has 144 valence electrons. The Morgan fingerprint density at radius 3 is 3.04 bits per heavy atom. The average molecular weight is 371 g/mol. The maximum absolute atomic E-state index is 13.2. The summed E-state index contributed by atoms with van der Waals surface area (Å²) in [7, 11) is 1.62. The van der Waals surface area contributed by atoms with Crippen LogP contribution in [0.3, 0.4) is 0 Å². The number of carbonyl (C=O) groups is 1. The second kappa shape index (κ2) is 9.46. The lowest BCUT2D eigenvalue weighted by Crippen LogP contribution is -2.42. The van der Waals surface area contributed by atoms with Gasteiger partial charge in [0.15, 0.2) is 0 Å². The average Bonchev–Trinajstić information content (AvgIpc) is 2.68. The number of halogens is 1. The molecule has 0 saturated carbocycles. The Bertz CT molecular complexity index is 769. The number of carbonyl (C=O) groups excluding carboxylic acids is 1. The molecule has 2 aromatic rings. The van der Waals surface area contributed by atoms with Crippen molar-refractivity contribution in [3.05, 3.63) is 59.5 Å². The molecule has 27 heavy (non-hydrogen) atoms.